The first kappa shape index (κ1) is 15.2. The number of esters is 1. The molecule has 2 atom stereocenters. The fourth-order valence-corrected chi connectivity index (χ4v) is 4.02. The Labute approximate surface area is 139 Å². The smallest absolute Gasteiger partial charge is 0.373 e. The van der Waals surface area contributed by atoms with Gasteiger partial charge in [0.05, 0.1) is 13.7 Å². The number of piperidine rings is 1. The molecule has 1 fully saturated rings. The minimum Gasteiger partial charge on any atom is -0.463 e. The van der Waals surface area contributed by atoms with Crippen LogP contribution in [0.4, 0.5) is 0 Å². The molecule has 1 saturated heterocycles. The van der Waals surface area contributed by atoms with Crippen molar-refractivity contribution in [3.05, 3.63) is 57.9 Å². The second kappa shape index (κ2) is 5.94. The number of rotatable bonds is 3. The molecular weight excluding hydrogens is 308 g/mol. The second-order valence-electron chi connectivity index (χ2n) is 6.65. The number of furan rings is 1. The Morgan fingerprint density at radius 1 is 1.25 bits per heavy atom. The van der Waals surface area contributed by atoms with Gasteiger partial charge < -0.3 is 13.7 Å². The zero-order valence-corrected chi connectivity index (χ0v) is 13.6. The minimum absolute atomic E-state index is 0.101. The molecule has 6 nitrogen and oxygen atoms in total. The van der Waals surface area contributed by atoms with Crippen molar-refractivity contribution >= 4 is 5.97 Å². The van der Waals surface area contributed by atoms with Crippen LogP contribution in [0.25, 0.3) is 0 Å². The molecule has 0 spiro atoms. The summed E-state index contributed by atoms with van der Waals surface area (Å²) in [7, 11) is 1.34. The lowest BCUT2D eigenvalue weighted by Gasteiger charge is -2.42. The molecule has 0 radical (unpaired) electrons. The van der Waals surface area contributed by atoms with Crippen LogP contribution < -0.4 is 5.56 Å². The first-order chi connectivity index (χ1) is 11.6. The van der Waals surface area contributed by atoms with Gasteiger partial charge in [-0.05, 0) is 30.5 Å². The summed E-state index contributed by atoms with van der Waals surface area (Å²) < 4.78 is 12.2. The Bertz CT molecular complexity index is 822. The molecule has 0 amide bonds. The van der Waals surface area contributed by atoms with Crippen LogP contribution in [0.15, 0.2) is 39.5 Å². The van der Waals surface area contributed by atoms with Crippen LogP contribution in [0.3, 0.4) is 0 Å². The molecule has 0 N–H and O–H groups in total. The molecule has 4 heterocycles. The van der Waals surface area contributed by atoms with E-state index in [4.69, 9.17) is 4.42 Å². The summed E-state index contributed by atoms with van der Waals surface area (Å²) in [5.41, 5.74) is 1.24. The Kier molecular flexibility index (Phi) is 3.76. The summed E-state index contributed by atoms with van der Waals surface area (Å²) in [5.74, 6) is 1.40. The monoisotopic (exact) mass is 328 g/mol. The standard InChI is InChI=1S/C18H20N2O4/c1-23-18(22)16-6-5-14(24-16)11-19-8-12-7-13(10-19)15-3-2-4-17(21)20(15)9-12/h2-6,12-13H,7-11H2,1H3/t12-,13-/m0/s1. The number of ether oxygens (including phenoxy) is 1. The fraction of sp³-hybridized carbons (Fsp3) is 0.444. The molecule has 2 bridgehead atoms. The van der Waals surface area contributed by atoms with Crippen molar-refractivity contribution in [3.8, 4) is 0 Å². The summed E-state index contributed by atoms with van der Waals surface area (Å²) in [5, 5.41) is 0. The Hall–Kier alpha value is -2.34. The van der Waals surface area contributed by atoms with Crippen LogP contribution >= 0.6 is 0 Å². The highest BCUT2D eigenvalue weighted by Crippen LogP contribution is 2.35. The van der Waals surface area contributed by atoms with E-state index in [2.05, 4.69) is 15.7 Å². The van der Waals surface area contributed by atoms with Gasteiger partial charge in [0.1, 0.15) is 5.76 Å². The van der Waals surface area contributed by atoms with E-state index in [0.29, 0.717) is 18.4 Å². The zero-order chi connectivity index (χ0) is 16.7. The average Bonchev–Trinajstić information content (AvgIpc) is 3.03. The van der Waals surface area contributed by atoms with Crippen molar-refractivity contribution in [2.75, 3.05) is 20.2 Å². The largest absolute Gasteiger partial charge is 0.463 e. The van der Waals surface area contributed by atoms with Crippen molar-refractivity contribution in [2.45, 2.75) is 25.4 Å². The van der Waals surface area contributed by atoms with E-state index < -0.39 is 5.97 Å². The molecule has 0 aliphatic carbocycles. The molecule has 0 unspecified atom stereocenters. The van der Waals surface area contributed by atoms with Gasteiger partial charge in [0.2, 0.25) is 5.76 Å². The van der Waals surface area contributed by atoms with Gasteiger partial charge in [-0.2, -0.15) is 0 Å². The molecule has 2 aromatic rings. The SMILES string of the molecule is COC(=O)c1ccc(CN2C[C@@H]3C[C@@H](C2)c2cccc(=O)n2C3)o1. The third-order valence-corrected chi connectivity index (χ3v) is 4.98. The Morgan fingerprint density at radius 2 is 2.12 bits per heavy atom. The summed E-state index contributed by atoms with van der Waals surface area (Å²) in [6.07, 6.45) is 1.13. The number of hydrogen-bond donors (Lipinski definition) is 0. The third-order valence-electron chi connectivity index (χ3n) is 4.98. The summed E-state index contributed by atoms with van der Waals surface area (Å²) >= 11 is 0. The molecule has 2 aliphatic rings. The molecule has 126 valence electrons. The summed E-state index contributed by atoms with van der Waals surface area (Å²) in [6.45, 7) is 3.29. The van der Waals surface area contributed by atoms with Crippen molar-refractivity contribution in [2.24, 2.45) is 5.92 Å². The number of pyridine rings is 1. The maximum absolute atomic E-state index is 12.1. The van der Waals surface area contributed by atoms with E-state index in [-0.39, 0.29) is 11.3 Å². The highest BCUT2D eigenvalue weighted by molar-refractivity contribution is 5.86. The van der Waals surface area contributed by atoms with Gasteiger partial charge in [-0.15, -0.1) is 0 Å². The lowest BCUT2D eigenvalue weighted by Crippen LogP contribution is -2.46. The van der Waals surface area contributed by atoms with Crippen molar-refractivity contribution < 1.29 is 13.9 Å². The first-order valence-electron chi connectivity index (χ1n) is 8.23. The highest BCUT2D eigenvalue weighted by Gasteiger charge is 2.34. The lowest BCUT2D eigenvalue weighted by atomic mass is 9.83. The van der Waals surface area contributed by atoms with E-state index in [1.807, 2.05) is 16.7 Å². The van der Waals surface area contributed by atoms with E-state index in [0.717, 1.165) is 37.5 Å². The topological polar surface area (TPSA) is 64.7 Å². The normalized spacial score (nSPS) is 22.9. The predicted octanol–water partition coefficient (Wildman–Crippen LogP) is 1.85. The van der Waals surface area contributed by atoms with Crippen LogP contribution in [0.5, 0.6) is 0 Å². The van der Waals surface area contributed by atoms with Crippen LogP contribution in [0.2, 0.25) is 0 Å². The molecule has 2 aliphatic heterocycles. The number of fused-ring (bicyclic) bond motifs is 4. The minimum atomic E-state index is -0.454. The molecule has 6 heteroatoms. The number of likely N-dealkylation sites (tertiary alicyclic amines) is 1. The predicted molar refractivity (Wildman–Crippen MR) is 86.9 cm³/mol. The highest BCUT2D eigenvalue weighted by atomic mass is 16.5. The maximum Gasteiger partial charge on any atom is 0.373 e. The van der Waals surface area contributed by atoms with Crippen molar-refractivity contribution in [3.63, 3.8) is 0 Å². The zero-order valence-electron chi connectivity index (χ0n) is 13.6. The van der Waals surface area contributed by atoms with Crippen molar-refractivity contribution in [1.82, 2.24) is 9.47 Å². The van der Waals surface area contributed by atoms with Crippen molar-refractivity contribution in [1.29, 1.82) is 0 Å². The number of hydrogen-bond acceptors (Lipinski definition) is 5. The molecule has 2 aromatic heterocycles. The molecular formula is C18H20N2O4. The Morgan fingerprint density at radius 3 is 2.96 bits per heavy atom. The van der Waals surface area contributed by atoms with E-state index in [1.165, 1.54) is 7.11 Å². The van der Waals surface area contributed by atoms with Crippen LogP contribution in [-0.4, -0.2) is 35.6 Å². The van der Waals surface area contributed by atoms with Gasteiger partial charge in [0.15, 0.2) is 0 Å². The molecule has 0 aromatic carbocycles. The first-order valence-corrected chi connectivity index (χ1v) is 8.23. The van der Waals surface area contributed by atoms with Gasteiger partial charge in [0, 0.05) is 37.3 Å². The van der Waals surface area contributed by atoms with Gasteiger partial charge >= 0.3 is 5.97 Å². The lowest BCUT2D eigenvalue weighted by molar-refractivity contribution is 0.0557. The maximum atomic E-state index is 12.1. The number of nitrogens with zero attached hydrogens (tertiary/aromatic N) is 2. The number of aromatic nitrogens is 1. The molecule has 0 saturated carbocycles. The van der Waals surface area contributed by atoms with E-state index in [9.17, 15) is 9.59 Å². The summed E-state index contributed by atoms with van der Waals surface area (Å²) in [6, 6.07) is 9.03. The fourth-order valence-electron chi connectivity index (χ4n) is 4.02. The number of methoxy groups -OCH3 is 1. The van der Waals surface area contributed by atoms with Gasteiger partial charge in [-0.25, -0.2) is 4.79 Å². The Balaban J connectivity index is 1.51. The second-order valence-corrected chi connectivity index (χ2v) is 6.65. The van der Waals surface area contributed by atoms with Gasteiger partial charge in [0.25, 0.3) is 5.56 Å². The quantitative estimate of drug-likeness (QED) is 0.805. The van der Waals surface area contributed by atoms with Gasteiger partial charge in [-0.1, -0.05) is 6.07 Å². The number of carbonyl (C=O) groups excluding carboxylic acids is 1. The van der Waals surface area contributed by atoms with Crippen LogP contribution in [0.1, 0.15) is 34.3 Å². The third kappa shape index (κ3) is 2.67. The van der Waals surface area contributed by atoms with E-state index in [1.54, 1.807) is 12.1 Å². The summed E-state index contributed by atoms with van der Waals surface area (Å²) in [4.78, 5) is 25.9. The number of carbonyl (C=O) groups is 1. The molecule has 24 heavy (non-hydrogen) atoms. The average molecular weight is 328 g/mol. The van der Waals surface area contributed by atoms with Gasteiger partial charge in [-0.3, -0.25) is 9.69 Å². The van der Waals surface area contributed by atoms with Crippen LogP contribution in [0, 0.1) is 5.92 Å². The van der Waals surface area contributed by atoms with Crippen LogP contribution in [-0.2, 0) is 17.8 Å². The molecule has 4 rings (SSSR count). The van der Waals surface area contributed by atoms with E-state index >= 15 is 0 Å².